The van der Waals surface area contributed by atoms with Crippen LogP contribution < -0.4 is 5.32 Å². The van der Waals surface area contributed by atoms with Gasteiger partial charge in [-0.2, -0.15) is 5.10 Å². The Morgan fingerprint density at radius 2 is 1.95 bits per heavy atom. The summed E-state index contributed by atoms with van der Waals surface area (Å²) < 4.78 is 1.74. The van der Waals surface area contributed by atoms with E-state index in [1.54, 1.807) is 22.8 Å². The Hall–Kier alpha value is -1.98. The number of hydrogen-bond acceptors (Lipinski definition) is 4. The summed E-state index contributed by atoms with van der Waals surface area (Å²) in [5.74, 6) is -0.112. The van der Waals surface area contributed by atoms with Crippen LogP contribution in [0.5, 0.6) is 5.75 Å². The molecular formula is C14H12Cl2N4O. The number of rotatable bonds is 3. The van der Waals surface area contributed by atoms with Crippen LogP contribution in [0.25, 0.3) is 5.65 Å². The molecule has 0 saturated heterocycles. The Bertz CT molecular complexity index is 793. The van der Waals surface area contributed by atoms with Crippen molar-refractivity contribution in [3.63, 3.8) is 0 Å². The lowest BCUT2D eigenvalue weighted by Crippen LogP contribution is -2.02. The van der Waals surface area contributed by atoms with Gasteiger partial charge in [0.25, 0.3) is 0 Å². The lowest BCUT2D eigenvalue weighted by atomic mass is 10.2. The van der Waals surface area contributed by atoms with Crippen molar-refractivity contribution in [3.8, 4) is 5.75 Å². The molecule has 3 aromatic rings. The van der Waals surface area contributed by atoms with Gasteiger partial charge >= 0.3 is 0 Å². The third-order valence-corrected chi connectivity index (χ3v) is 3.58. The number of fused-ring (bicyclic) bond motifs is 1. The van der Waals surface area contributed by atoms with E-state index in [1.165, 1.54) is 0 Å². The van der Waals surface area contributed by atoms with E-state index in [0.717, 1.165) is 22.6 Å². The highest BCUT2D eigenvalue weighted by Crippen LogP contribution is 2.34. The predicted molar refractivity (Wildman–Crippen MR) is 83.2 cm³/mol. The van der Waals surface area contributed by atoms with Crippen LogP contribution in [0.4, 0.5) is 5.69 Å². The first-order chi connectivity index (χ1) is 10.0. The number of phenols is 1. The standard InChI is InChI=1S/C14H12Cl2N4O/c1-8-2-13-18-6-9(7-20(13)19-8)5-17-10-3-11(15)14(21)12(16)4-10/h2-4,6-7,17,21H,5H2,1H3. The molecule has 0 saturated carbocycles. The molecule has 0 amide bonds. The molecule has 0 spiro atoms. The van der Waals surface area contributed by atoms with Crippen molar-refractivity contribution in [2.45, 2.75) is 13.5 Å². The number of nitrogens with one attached hydrogen (secondary N) is 1. The fraction of sp³-hybridized carbons (Fsp3) is 0.143. The second-order valence-corrected chi connectivity index (χ2v) is 5.51. The van der Waals surface area contributed by atoms with E-state index < -0.39 is 0 Å². The normalized spacial score (nSPS) is 11.0. The van der Waals surface area contributed by atoms with Gasteiger partial charge in [-0.25, -0.2) is 9.50 Å². The Labute approximate surface area is 131 Å². The van der Waals surface area contributed by atoms with Gasteiger partial charge in [0.2, 0.25) is 0 Å². The zero-order valence-electron chi connectivity index (χ0n) is 11.1. The molecule has 0 aliphatic carbocycles. The van der Waals surface area contributed by atoms with Crippen molar-refractivity contribution in [3.05, 3.63) is 51.9 Å². The molecule has 0 bridgehead atoms. The molecule has 0 aliphatic rings. The molecular weight excluding hydrogens is 311 g/mol. The van der Waals surface area contributed by atoms with Crippen LogP contribution in [-0.4, -0.2) is 19.7 Å². The van der Waals surface area contributed by atoms with E-state index in [2.05, 4.69) is 15.4 Å². The number of benzene rings is 1. The van der Waals surface area contributed by atoms with Crippen molar-refractivity contribution >= 4 is 34.5 Å². The molecule has 108 valence electrons. The highest BCUT2D eigenvalue weighted by Gasteiger charge is 2.07. The number of halogens is 2. The molecule has 0 atom stereocenters. The van der Waals surface area contributed by atoms with Gasteiger partial charge in [0.1, 0.15) is 0 Å². The van der Waals surface area contributed by atoms with Crippen LogP contribution in [-0.2, 0) is 6.54 Å². The second-order valence-electron chi connectivity index (χ2n) is 4.69. The number of aromatic hydroxyl groups is 1. The molecule has 5 nitrogen and oxygen atoms in total. The molecule has 0 aliphatic heterocycles. The summed E-state index contributed by atoms with van der Waals surface area (Å²) in [4.78, 5) is 4.33. The number of anilines is 1. The molecule has 2 aromatic heterocycles. The molecule has 0 radical (unpaired) electrons. The highest BCUT2D eigenvalue weighted by molar-refractivity contribution is 6.37. The summed E-state index contributed by atoms with van der Waals surface area (Å²) in [5.41, 5.74) is 3.42. The zero-order valence-corrected chi connectivity index (χ0v) is 12.7. The maximum absolute atomic E-state index is 9.52. The first-order valence-corrected chi connectivity index (χ1v) is 7.01. The largest absolute Gasteiger partial charge is 0.505 e. The van der Waals surface area contributed by atoms with Gasteiger partial charge in [-0.1, -0.05) is 23.2 Å². The maximum atomic E-state index is 9.52. The topological polar surface area (TPSA) is 62.5 Å². The van der Waals surface area contributed by atoms with Gasteiger partial charge in [0, 0.05) is 36.3 Å². The van der Waals surface area contributed by atoms with Crippen LogP contribution >= 0.6 is 23.2 Å². The average molecular weight is 323 g/mol. The molecule has 7 heteroatoms. The summed E-state index contributed by atoms with van der Waals surface area (Å²) in [6, 6.07) is 5.15. The van der Waals surface area contributed by atoms with Crippen molar-refractivity contribution in [1.82, 2.24) is 14.6 Å². The second kappa shape index (κ2) is 5.42. The fourth-order valence-corrected chi connectivity index (χ4v) is 2.48. The molecule has 2 heterocycles. The summed E-state index contributed by atoms with van der Waals surface area (Å²) in [6.45, 7) is 2.46. The number of hydrogen-bond donors (Lipinski definition) is 2. The predicted octanol–water partition coefficient (Wildman–Crippen LogP) is 3.66. The Kier molecular flexibility index (Phi) is 3.61. The lowest BCUT2D eigenvalue weighted by molar-refractivity contribution is 0.476. The van der Waals surface area contributed by atoms with Gasteiger partial charge in [0.15, 0.2) is 11.4 Å². The van der Waals surface area contributed by atoms with E-state index in [-0.39, 0.29) is 15.8 Å². The lowest BCUT2D eigenvalue weighted by Gasteiger charge is -2.09. The van der Waals surface area contributed by atoms with Gasteiger partial charge in [0.05, 0.1) is 15.7 Å². The summed E-state index contributed by atoms with van der Waals surface area (Å²) in [6.07, 6.45) is 3.69. The Morgan fingerprint density at radius 3 is 2.67 bits per heavy atom. The van der Waals surface area contributed by atoms with Crippen molar-refractivity contribution in [2.75, 3.05) is 5.32 Å². The summed E-state index contributed by atoms with van der Waals surface area (Å²) >= 11 is 11.8. The van der Waals surface area contributed by atoms with Gasteiger partial charge in [-0.3, -0.25) is 0 Å². The van der Waals surface area contributed by atoms with Gasteiger partial charge < -0.3 is 10.4 Å². The van der Waals surface area contributed by atoms with Gasteiger partial charge in [-0.05, 0) is 19.1 Å². The first-order valence-electron chi connectivity index (χ1n) is 6.26. The minimum absolute atomic E-state index is 0.112. The van der Waals surface area contributed by atoms with Crippen molar-refractivity contribution in [2.24, 2.45) is 0 Å². The van der Waals surface area contributed by atoms with E-state index in [0.29, 0.717) is 6.54 Å². The smallest absolute Gasteiger partial charge is 0.155 e. The molecule has 21 heavy (non-hydrogen) atoms. The number of aromatic nitrogens is 3. The molecule has 0 unspecified atom stereocenters. The number of nitrogens with zero attached hydrogens (tertiary/aromatic N) is 3. The quantitative estimate of drug-likeness (QED) is 0.722. The van der Waals surface area contributed by atoms with Crippen LogP contribution in [0.3, 0.4) is 0 Å². The first kappa shape index (κ1) is 14.0. The third kappa shape index (κ3) is 2.89. The van der Waals surface area contributed by atoms with E-state index in [9.17, 15) is 5.11 Å². The van der Waals surface area contributed by atoms with E-state index in [1.807, 2.05) is 19.2 Å². The highest BCUT2D eigenvalue weighted by atomic mass is 35.5. The minimum atomic E-state index is -0.112. The van der Waals surface area contributed by atoms with E-state index >= 15 is 0 Å². The molecule has 2 N–H and O–H groups in total. The van der Waals surface area contributed by atoms with Crippen LogP contribution in [0.2, 0.25) is 10.0 Å². The summed E-state index contributed by atoms with van der Waals surface area (Å²) in [7, 11) is 0. The zero-order chi connectivity index (χ0) is 15.0. The monoisotopic (exact) mass is 322 g/mol. The molecule has 3 rings (SSSR count). The van der Waals surface area contributed by atoms with E-state index in [4.69, 9.17) is 23.2 Å². The molecule has 0 fully saturated rings. The van der Waals surface area contributed by atoms with Crippen molar-refractivity contribution in [1.29, 1.82) is 0 Å². The van der Waals surface area contributed by atoms with Crippen molar-refractivity contribution < 1.29 is 5.11 Å². The maximum Gasteiger partial charge on any atom is 0.155 e. The average Bonchev–Trinajstić information content (AvgIpc) is 2.81. The summed E-state index contributed by atoms with van der Waals surface area (Å²) in [5, 5.41) is 17.4. The number of phenolic OH excluding ortho intramolecular Hbond substituents is 1. The SMILES string of the molecule is Cc1cc2ncc(CNc3cc(Cl)c(O)c(Cl)c3)cn2n1. The number of aryl methyl sites for hydroxylation is 1. The Morgan fingerprint density at radius 1 is 1.24 bits per heavy atom. The third-order valence-electron chi connectivity index (χ3n) is 3.00. The Balaban J connectivity index is 1.79. The molecule has 1 aromatic carbocycles. The minimum Gasteiger partial charge on any atom is -0.505 e. The van der Waals surface area contributed by atoms with Gasteiger partial charge in [-0.15, -0.1) is 0 Å². The fourth-order valence-electron chi connectivity index (χ4n) is 2.00. The van der Waals surface area contributed by atoms with Crippen LogP contribution in [0, 0.1) is 6.92 Å². The van der Waals surface area contributed by atoms with Crippen LogP contribution in [0.15, 0.2) is 30.6 Å². The van der Waals surface area contributed by atoms with Crippen LogP contribution in [0.1, 0.15) is 11.3 Å².